The van der Waals surface area contributed by atoms with E-state index in [0.29, 0.717) is 12.1 Å². The van der Waals surface area contributed by atoms with E-state index in [2.05, 4.69) is 4.98 Å². The molecule has 1 aromatic heterocycles. The average Bonchev–Trinajstić information content (AvgIpc) is 2.95. The summed E-state index contributed by atoms with van der Waals surface area (Å²) in [6.07, 6.45) is -1.77. The molecule has 1 aliphatic heterocycles. The van der Waals surface area contributed by atoms with Crippen molar-refractivity contribution in [1.82, 2.24) is 9.55 Å². The SMILES string of the molecule is O=C(O)[C@@H]1[C@@H](O)[C@H](O)[C@@H](O)c2nc(CCc3ccccc3)cn21. The molecular formula is C16H18N2O5. The van der Waals surface area contributed by atoms with Gasteiger partial charge in [0.15, 0.2) is 6.04 Å². The molecule has 2 aromatic rings. The number of nitrogens with zero attached hydrogens (tertiary/aromatic N) is 2. The number of aliphatic hydroxyl groups is 3. The van der Waals surface area contributed by atoms with E-state index in [1.54, 1.807) is 0 Å². The number of aliphatic carboxylic acids is 1. The lowest BCUT2D eigenvalue weighted by Crippen LogP contribution is -2.47. The van der Waals surface area contributed by atoms with E-state index >= 15 is 0 Å². The van der Waals surface area contributed by atoms with Crippen LogP contribution in [0.2, 0.25) is 0 Å². The Morgan fingerprint density at radius 2 is 1.78 bits per heavy atom. The predicted molar refractivity (Wildman–Crippen MR) is 79.7 cm³/mol. The molecule has 0 aliphatic carbocycles. The van der Waals surface area contributed by atoms with E-state index in [1.807, 2.05) is 30.3 Å². The number of aromatic nitrogens is 2. The summed E-state index contributed by atoms with van der Waals surface area (Å²) in [4.78, 5) is 15.6. The predicted octanol–water partition coefficient (Wildman–Crippen LogP) is 0.0628. The maximum absolute atomic E-state index is 11.4. The molecule has 3 rings (SSSR count). The molecule has 2 heterocycles. The van der Waals surface area contributed by atoms with Gasteiger partial charge in [-0.2, -0.15) is 0 Å². The highest BCUT2D eigenvalue weighted by atomic mass is 16.4. The van der Waals surface area contributed by atoms with Crippen molar-refractivity contribution < 1.29 is 25.2 Å². The zero-order valence-electron chi connectivity index (χ0n) is 12.3. The lowest BCUT2D eigenvalue weighted by Gasteiger charge is -2.33. The van der Waals surface area contributed by atoms with Crippen LogP contribution in [0.3, 0.4) is 0 Å². The van der Waals surface area contributed by atoms with E-state index in [9.17, 15) is 25.2 Å². The highest BCUT2D eigenvalue weighted by Gasteiger charge is 2.45. The normalized spacial score (nSPS) is 26.7. The molecule has 0 spiro atoms. The van der Waals surface area contributed by atoms with Crippen molar-refractivity contribution >= 4 is 5.97 Å². The van der Waals surface area contributed by atoms with Crippen LogP contribution in [-0.2, 0) is 17.6 Å². The Bertz CT molecular complexity index is 700. The number of aryl methyl sites for hydroxylation is 2. The van der Waals surface area contributed by atoms with Crippen molar-refractivity contribution in [1.29, 1.82) is 0 Å². The second-order valence-corrected chi connectivity index (χ2v) is 5.69. The molecule has 0 amide bonds. The minimum atomic E-state index is -1.59. The summed E-state index contributed by atoms with van der Waals surface area (Å²) in [6, 6.07) is 8.41. The zero-order valence-corrected chi connectivity index (χ0v) is 12.3. The number of rotatable bonds is 4. The third-order valence-corrected chi connectivity index (χ3v) is 4.14. The minimum absolute atomic E-state index is 0.0678. The molecule has 4 atom stereocenters. The fourth-order valence-electron chi connectivity index (χ4n) is 2.90. The van der Waals surface area contributed by atoms with E-state index in [0.717, 1.165) is 12.0 Å². The quantitative estimate of drug-likeness (QED) is 0.634. The van der Waals surface area contributed by atoms with Gasteiger partial charge in [-0.25, -0.2) is 9.78 Å². The molecule has 0 saturated heterocycles. The van der Waals surface area contributed by atoms with Crippen LogP contribution in [-0.4, -0.2) is 48.2 Å². The van der Waals surface area contributed by atoms with Gasteiger partial charge in [-0.05, 0) is 18.4 Å². The zero-order chi connectivity index (χ0) is 16.6. The highest BCUT2D eigenvalue weighted by molar-refractivity contribution is 5.73. The van der Waals surface area contributed by atoms with Gasteiger partial charge >= 0.3 is 5.97 Å². The average molecular weight is 318 g/mol. The van der Waals surface area contributed by atoms with E-state index < -0.39 is 30.3 Å². The van der Waals surface area contributed by atoms with Gasteiger partial charge in [-0.1, -0.05) is 30.3 Å². The molecule has 4 N–H and O–H groups in total. The lowest BCUT2D eigenvalue weighted by molar-refractivity contribution is -0.156. The maximum atomic E-state index is 11.4. The van der Waals surface area contributed by atoms with Gasteiger partial charge in [-0.3, -0.25) is 0 Å². The van der Waals surface area contributed by atoms with Gasteiger partial charge in [0.25, 0.3) is 0 Å². The lowest BCUT2D eigenvalue weighted by atomic mass is 9.96. The number of benzene rings is 1. The Labute approximate surface area is 132 Å². The number of imidazole rings is 1. The molecule has 0 radical (unpaired) electrons. The van der Waals surface area contributed by atoms with Crippen LogP contribution in [0.25, 0.3) is 0 Å². The molecule has 1 aromatic carbocycles. The summed E-state index contributed by atoms with van der Waals surface area (Å²) >= 11 is 0. The first-order valence-electron chi connectivity index (χ1n) is 7.37. The van der Waals surface area contributed by atoms with Crippen LogP contribution in [0, 0.1) is 0 Å². The van der Waals surface area contributed by atoms with Crippen molar-refractivity contribution in [3.63, 3.8) is 0 Å². The fourth-order valence-corrected chi connectivity index (χ4v) is 2.90. The summed E-state index contributed by atoms with van der Waals surface area (Å²) in [5, 5.41) is 39.0. The molecule has 23 heavy (non-hydrogen) atoms. The van der Waals surface area contributed by atoms with Gasteiger partial charge in [0.1, 0.15) is 24.1 Å². The number of aliphatic hydroxyl groups excluding tert-OH is 3. The first kappa shape index (κ1) is 15.7. The summed E-state index contributed by atoms with van der Waals surface area (Å²) in [5.74, 6) is -1.21. The smallest absolute Gasteiger partial charge is 0.329 e. The number of carboxylic acids is 1. The van der Waals surface area contributed by atoms with Gasteiger partial charge in [0.2, 0.25) is 0 Å². The maximum Gasteiger partial charge on any atom is 0.329 e. The number of fused-ring (bicyclic) bond motifs is 1. The van der Waals surface area contributed by atoms with Crippen molar-refractivity contribution in [3.8, 4) is 0 Å². The van der Waals surface area contributed by atoms with Crippen LogP contribution in [0.5, 0.6) is 0 Å². The molecule has 7 heteroatoms. The van der Waals surface area contributed by atoms with Gasteiger partial charge < -0.3 is 25.0 Å². The van der Waals surface area contributed by atoms with E-state index in [-0.39, 0.29) is 5.82 Å². The Hall–Kier alpha value is -2.22. The first-order chi connectivity index (χ1) is 11.0. The Kier molecular flexibility index (Phi) is 4.16. The summed E-state index contributed by atoms with van der Waals surface area (Å²) in [7, 11) is 0. The number of hydrogen-bond donors (Lipinski definition) is 4. The van der Waals surface area contributed by atoms with Crippen LogP contribution in [0.1, 0.15) is 29.2 Å². The standard InChI is InChI=1S/C16H18N2O5/c19-12-11(16(22)23)18-8-10(17-15(18)14(21)13(12)20)7-6-9-4-2-1-3-5-9/h1-5,8,11-14,19-21H,6-7H2,(H,22,23)/t11-,12+,13-,14+/m0/s1. The molecule has 0 bridgehead atoms. The van der Waals surface area contributed by atoms with Crippen molar-refractivity contribution in [2.45, 2.75) is 37.2 Å². The third-order valence-electron chi connectivity index (χ3n) is 4.14. The molecule has 122 valence electrons. The molecule has 0 saturated carbocycles. The van der Waals surface area contributed by atoms with Crippen LogP contribution in [0.15, 0.2) is 36.5 Å². The molecule has 0 fully saturated rings. The first-order valence-corrected chi connectivity index (χ1v) is 7.37. The monoisotopic (exact) mass is 318 g/mol. The Balaban J connectivity index is 1.86. The van der Waals surface area contributed by atoms with E-state index in [1.165, 1.54) is 10.8 Å². The van der Waals surface area contributed by atoms with Gasteiger partial charge in [0, 0.05) is 6.20 Å². The second kappa shape index (κ2) is 6.11. The molecule has 7 nitrogen and oxygen atoms in total. The largest absolute Gasteiger partial charge is 0.480 e. The van der Waals surface area contributed by atoms with Gasteiger partial charge in [-0.15, -0.1) is 0 Å². The van der Waals surface area contributed by atoms with Gasteiger partial charge in [0.05, 0.1) is 5.69 Å². The summed E-state index contributed by atoms with van der Waals surface area (Å²) in [5.41, 5.74) is 1.73. The van der Waals surface area contributed by atoms with Crippen LogP contribution < -0.4 is 0 Å². The number of carbonyl (C=O) groups is 1. The Morgan fingerprint density at radius 3 is 2.43 bits per heavy atom. The van der Waals surface area contributed by atoms with Crippen molar-refractivity contribution in [2.75, 3.05) is 0 Å². The van der Waals surface area contributed by atoms with E-state index in [4.69, 9.17) is 0 Å². The molecule has 0 unspecified atom stereocenters. The summed E-state index contributed by atoms with van der Waals surface area (Å²) in [6.45, 7) is 0. The minimum Gasteiger partial charge on any atom is -0.480 e. The summed E-state index contributed by atoms with van der Waals surface area (Å²) < 4.78 is 1.24. The molecule has 1 aliphatic rings. The van der Waals surface area contributed by atoms with Crippen molar-refractivity contribution in [2.24, 2.45) is 0 Å². The Morgan fingerprint density at radius 1 is 1.09 bits per heavy atom. The second-order valence-electron chi connectivity index (χ2n) is 5.69. The fraction of sp³-hybridized carbons (Fsp3) is 0.375. The topological polar surface area (TPSA) is 116 Å². The number of hydrogen-bond acceptors (Lipinski definition) is 5. The van der Waals surface area contributed by atoms with Crippen LogP contribution in [0.4, 0.5) is 0 Å². The van der Waals surface area contributed by atoms with Crippen molar-refractivity contribution in [3.05, 3.63) is 53.6 Å². The number of carboxylic acid groups (broad SMARTS) is 1. The highest BCUT2D eigenvalue weighted by Crippen LogP contribution is 2.32. The van der Waals surface area contributed by atoms with Crippen LogP contribution >= 0.6 is 0 Å². The third kappa shape index (κ3) is 2.86. The molecular weight excluding hydrogens is 300 g/mol.